The molecule has 4 aliphatic rings. The van der Waals surface area contributed by atoms with E-state index in [0.717, 1.165) is 17.0 Å². The van der Waals surface area contributed by atoms with Crippen LogP contribution in [0.25, 0.3) is 11.3 Å². The Morgan fingerprint density at radius 3 is 2.40 bits per heavy atom. The van der Waals surface area contributed by atoms with Crippen molar-refractivity contribution >= 4 is 41.6 Å². The van der Waals surface area contributed by atoms with Crippen molar-refractivity contribution in [2.45, 2.75) is 36.7 Å². The number of urea groups is 1. The molecular formula is C31H33ClF5N9O6. The Kier molecular flexibility index (Phi) is 9.92. The van der Waals surface area contributed by atoms with Gasteiger partial charge in [-0.3, -0.25) is 19.1 Å². The summed E-state index contributed by atoms with van der Waals surface area (Å²) in [6.45, 7) is 2.22. The lowest BCUT2D eigenvalue weighted by atomic mass is 10.1. The summed E-state index contributed by atoms with van der Waals surface area (Å²) in [6, 6.07) is 2.18. The number of piperidine rings is 1. The molecule has 4 fully saturated rings. The number of nitrogens with one attached hydrogen (secondary N) is 4. The summed E-state index contributed by atoms with van der Waals surface area (Å²) in [4.78, 5) is 52.5. The van der Waals surface area contributed by atoms with Gasteiger partial charge in [0.15, 0.2) is 11.5 Å². The molecular weight excluding hydrogens is 725 g/mol. The highest BCUT2D eigenvalue weighted by Crippen LogP contribution is 2.53. The second kappa shape index (κ2) is 14.0. The van der Waals surface area contributed by atoms with E-state index >= 15 is 0 Å². The summed E-state index contributed by atoms with van der Waals surface area (Å²) < 4.78 is 70.1. The molecule has 1 aromatic carbocycles. The van der Waals surface area contributed by atoms with Gasteiger partial charge >= 0.3 is 12.2 Å². The number of halogens is 6. The van der Waals surface area contributed by atoms with Crippen molar-refractivity contribution in [2.24, 2.45) is 24.8 Å². The van der Waals surface area contributed by atoms with Gasteiger partial charge in [0.2, 0.25) is 0 Å². The molecule has 2 aliphatic heterocycles. The molecule has 2 saturated carbocycles. The van der Waals surface area contributed by atoms with E-state index in [4.69, 9.17) is 21.5 Å². The number of carboxylic acid groups (broad SMARTS) is 1. The topological polar surface area (TPSA) is 196 Å². The summed E-state index contributed by atoms with van der Waals surface area (Å²) in [5, 5.41) is 31.5. The maximum Gasteiger partial charge on any atom is 0.435 e. The third-order valence-electron chi connectivity index (χ3n) is 9.70. The number of alkyl halides is 5. The monoisotopic (exact) mass is 757 g/mol. The molecule has 280 valence electrons. The van der Waals surface area contributed by atoms with Crippen LogP contribution in [0.15, 0.2) is 30.6 Å². The first-order chi connectivity index (χ1) is 24.5. The van der Waals surface area contributed by atoms with Gasteiger partial charge in [0.1, 0.15) is 6.04 Å². The highest BCUT2D eigenvalue weighted by Gasteiger charge is 2.60. The van der Waals surface area contributed by atoms with E-state index in [2.05, 4.69) is 31.3 Å². The van der Waals surface area contributed by atoms with Gasteiger partial charge in [0.05, 0.1) is 40.2 Å². The van der Waals surface area contributed by atoms with Crippen LogP contribution < -0.4 is 21.3 Å². The summed E-state index contributed by atoms with van der Waals surface area (Å²) in [5.74, 6) is -3.92. The van der Waals surface area contributed by atoms with Gasteiger partial charge in [0, 0.05) is 58.1 Å². The number of aromatic nitrogens is 4. The fraction of sp³-hybridized carbons (Fsp3) is 0.484. The summed E-state index contributed by atoms with van der Waals surface area (Å²) >= 11 is 6.37. The quantitative estimate of drug-likeness (QED) is 0.148. The zero-order valence-corrected chi connectivity index (χ0v) is 28.0. The number of β-amino-alcohol motifs (C(OH)–C–C–N with tert-alkyl or cyclic N) is 1. The first-order valence-corrected chi connectivity index (χ1v) is 16.4. The van der Waals surface area contributed by atoms with Crippen LogP contribution in [0.5, 0.6) is 0 Å². The van der Waals surface area contributed by atoms with Crippen LogP contribution in [0.4, 0.5) is 32.4 Å². The van der Waals surface area contributed by atoms with Crippen molar-refractivity contribution in [3.8, 4) is 11.3 Å². The maximum atomic E-state index is 13.8. The van der Waals surface area contributed by atoms with Crippen LogP contribution >= 0.6 is 11.6 Å². The lowest BCUT2D eigenvalue weighted by Gasteiger charge is -2.24. The molecule has 6 N–H and O–H groups in total. The van der Waals surface area contributed by atoms with Gasteiger partial charge in [-0.1, -0.05) is 11.6 Å². The minimum Gasteiger partial charge on any atom is -0.483 e. The maximum absolute atomic E-state index is 13.8. The highest BCUT2D eigenvalue weighted by molar-refractivity contribution is 6.34. The molecule has 15 nitrogen and oxygen atoms in total. The van der Waals surface area contributed by atoms with E-state index in [0.29, 0.717) is 37.4 Å². The number of benzene rings is 1. The fourth-order valence-corrected chi connectivity index (χ4v) is 7.02. The number of rotatable bonds is 8. The number of likely N-dealkylation sites (tertiary alicyclic amines) is 1. The Morgan fingerprint density at radius 2 is 1.83 bits per heavy atom. The van der Waals surface area contributed by atoms with E-state index in [9.17, 15) is 41.4 Å². The van der Waals surface area contributed by atoms with Crippen LogP contribution in [0.1, 0.15) is 39.1 Å². The largest absolute Gasteiger partial charge is 0.483 e. The van der Waals surface area contributed by atoms with Gasteiger partial charge in [-0.15, -0.1) is 0 Å². The number of carbonyl (C=O) groups excluding carboxylic acids is 3. The predicted molar refractivity (Wildman–Crippen MR) is 172 cm³/mol. The molecule has 7 rings (SSSR count). The SMILES string of the molecule is Cn1c(-c2cn(C3CC3(F)F)nc2C(F)(F)F)cnc1C(=O)Nc1ccc(C(=O)NCC2C3CN(C(=O)N[C@H]4CNC[C@@H]4O)CC23)c(Cl)c1.O=CO. The highest BCUT2D eigenvalue weighted by atomic mass is 35.5. The Bertz CT molecular complexity index is 1870. The van der Waals surface area contributed by atoms with Gasteiger partial charge in [0.25, 0.3) is 24.2 Å². The minimum atomic E-state index is -4.95. The van der Waals surface area contributed by atoms with Crippen molar-refractivity contribution in [3.05, 3.63) is 52.7 Å². The Balaban J connectivity index is 0.00000150. The summed E-state index contributed by atoms with van der Waals surface area (Å²) in [5.41, 5.74) is -1.69. The van der Waals surface area contributed by atoms with E-state index in [1.54, 1.807) is 4.90 Å². The molecule has 2 saturated heterocycles. The van der Waals surface area contributed by atoms with Crippen molar-refractivity contribution in [3.63, 3.8) is 0 Å². The van der Waals surface area contributed by atoms with Crippen LogP contribution in [0, 0.1) is 17.8 Å². The molecule has 5 atom stereocenters. The number of anilines is 1. The number of nitrogens with zero attached hydrogens (tertiary/aromatic N) is 5. The Morgan fingerprint density at radius 1 is 1.15 bits per heavy atom. The molecule has 0 spiro atoms. The van der Waals surface area contributed by atoms with Gasteiger partial charge in [-0.2, -0.15) is 18.3 Å². The molecule has 3 unspecified atom stereocenters. The summed E-state index contributed by atoms with van der Waals surface area (Å²) in [6.07, 6.45) is -4.29. The van der Waals surface area contributed by atoms with E-state index in [-0.39, 0.29) is 64.1 Å². The molecule has 3 aromatic rings. The van der Waals surface area contributed by atoms with Crippen LogP contribution in [0.2, 0.25) is 5.02 Å². The summed E-state index contributed by atoms with van der Waals surface area (Å²) in [7, 11) is 1.31. The van der Waals surface area contributed by atoms with Gasteiger partial charge in [-0.25, -0.2) is 18.6 Å². The van der Waals surface area contributed by atoms with Crippen LogP contribution in [-0.4, -0.2) is 110 Å². The number of aliphatic hydroxyl groups excluding tert-OH is 1. The van der Waals surface area contributed by atoms with Crippen molar-refractivity contribution in [1.29, 1.82) is 0 Å². The number of imidazole rings is 1. The van der Waals surface area contributed by atoms with E-state index < -0.39 is 53.7 Å². The molecule has 21 heteroatoms. The fourth-order valence-electron chi connectivity index (χ4n) is 6.75. The number of hydrogen-bond acceptors (Lipinski definition) is 8. The molecule has 4 heterocycles. The molecule has 4 amide bonds. The second-order valence-corrected chi connectivity index (χ2v) is 13.4. The van der Waals surface area contributed by atoms with Crippen molar-refractivity contribution in [2.75, 3.05) is 38.0 Å². The molecule has 2 aromatic heterocycles. The third-order valence-corrected chi connectivity index (χ3v) is 10.0. The van der Waals surface area contributed by atoms with E-state index in [1.165, 1.54) is 25.2 Å². The average molecular weight is 758 g/mol. The Labute approximate surface area is 296 Å². The standard InChI is InChI=1S/C30H31ClF5N9O4.CH2O2/c1-43-21(18-12-45(23-5-29(23,32)33)42-24(18)30(34,35)36)8-38-25(43)27(48)40-13-2-3-14(19(31)4-13)26(47)39-6-15-16-10-44(11-17(15)16)28(49)41-20-7-37-9-22(20)46;2-1-3/h2-4,8,12,15-17,20,22-23,37,46H,5-7,9-11H2,1H3,(H,39,47)(H,40,48)(H,41,49);1H,(H,2,3)/t15?,16?,17?,20-,22-,23?;/m0./s1. The number of hydrogen-bond donors (Lipinski definition) is 6. The molecule has 52 heavy (non-hydrogen) atoms. The second-order valence-electron chi connectivity index (χ2n) is 13.0. The van der Waals surface area contributed by atoms with Crippen molar-refractivity contribution < 1.29 is 51.3 Å². The Hall–Kier alpha value is -4.82. The van der Waals surface area contributed by atoms with Crippen molar-refractivity contribution in [1.82, 2.24) is 40.2 Å². The first kappa shape index (κ1) is 37.0. The number of fused-ring (bicyclic) bond motifs is 1. The third kappa shape index (κ3) is 7.40. The van der Waals surface area contributed by atoms with Gasteiger partial charge < -0.3 is 40.9 Å². The number of aliphatic hydroxyl groups is 1. The minimum absolute atomic E-state index is 0.0392. The average Bonchev–Trinajstić information content (AvgIpc) is 3.49. The molecule has 0 bridgehead atoms. The van der Waals surface area contributed by atoms with E-state index in [1.807, 2.05) is 0 Å². The molecule has 0 radical (unpaired) electrons. The van der Waals surface area contributed by atoms with Crippen LogP contribution in [0.3, 0.4) is 0 Å². The first-order valence-electron chi connectivity index (χ1n) is 16.0. The van der Waals surface area contributed by atoms with Crippen LogP contribution in [-0.2, 0) is 18.0 Å². The smallest absolute Gasteiger partial charge is 0.435 e. The zero-order valence-electron chi connectivity index (χ0n) is 27.2. The molecule has 2 aliphatic carbocycles. The lowest BCUT2D eigenvalue weighted by Crippen LogP contribution is -2.49. The number of carbonyl (C=O) groups is 4. The zero-order chi connectivity index (χ0) is 37.7. The lowest BCUT2D eigenvalue weighted by molar-refractivity contribution is -0.141. The van der Waals surface area contributed by atoms with Gasteiger partial charge in [-0.05, 0) is 36.0 Å². The predicted octanol–water partition coefficient (Wildman–Crippen LogP) is 2.44. The number of amides is 4. The normalized spacial score (nSPS) is 25.4.